The van der Waals surface area contributed by atoms with Gasteiger partial charge in [-0.15, -0.1) is 11.3 Å². The number of allylic oxidation sites excluding steroid dienone is 2. The van der Waals surface area contributed by atoms with Crippen molar-refractivity contribution in [3.05, 3.63) is 62.8 Å². The average molecular weight is 374 g/mol. The zero-order chi connectivity index (χ0) is 19.4. The van der Waals surface area contributed by atoms with Crippen LogP contribution in [0.15, 0.2) is 48.2 Å². The summed E-state index contributed by atoms with van der Waals surface area (Å²) in [7, 11) is 0. The second-order valence-corrected chi connectivity index (χ2v) is 8.28. The molecule has 0 fully saturated rings. The Morgan fingerprint density at radius 2 is 1.85 bits per heavy atom. The number of rotatable bonds is 4. The van der Waals surface area contributed by atoms with Crippen molar-refractivity contribution in [2.24, 2.45) is 0 Å². The number of unbranched alkanes of at least 4 members (excludes halogenated alkanes) is 1. The summed E-state index contributed by atoms with van der Waals surface area (Å²) in [4.78, 5) is 2.44. The van der Waals surface area contributed by atoms with E-state index in [2.05, 4.69) is 62.1 Å². The van der Waals surface area contributed by atoms with E-state index in [4.69, 9.17) is 10.5 Å². The summed E-state index contributed by atoms with van der Waals surface area (Å²) >= 11 is 1.48. The third kappa shape index (κ3) is 3.54. The SMILES string of the molecule is CCCCN1/C(=C/C=c2\ccc(=C(C#N)C#N)s2)C(C)(C)c2ccccc21. The van der Waals surface area contributed by atoms with Crippen LogP contribution in [0.2, 0.25) is 0 Å². The molecule has 0 radical (unpaired) electrons. The van der Waals surface area contributed by atoms with Gasteiger partial charge >= 0.3 is 0 Å². The maximum Gasteiger partial charge on any atom is 0.146 e. The van der Waals surface area contributed by atoms with Gasteiger partial charge in [-0.3, -0.25) is 0 Å². The molecule has 3 rings (SSSR count). The zero-order valence-corrected chi connectivity index (χ0v) is 16.8. The number of para-hydroxylation sites is 1. The Kier molecular flexibility index (Phi) is 5.49. The molecule has 1 aromatic heterocycles. The molecular formula is C23H23N3S. The van der Waals surface area contributed by atoms with E-state index in [0.717, 1.165) is 28.5 Å². The maximum atomic E-state index is 9.05. The summed E-state index contributed by atoms with van der Waals surface area (Å²) in [5.41, 5.74) is 4.06. The summed E-state index contributed by atoms with van der Waals surface area (Å²) in [5, 5.41) is 18.1. The van der Waals surface area contributed by atoms with Gasteiger partial charge in [0, 0.05) is 27.9 Å². The normalized spacial score (nSPS) is 16.9. The van der Waals surface area contributed by atoms with E-state index in [1.807, 2.05) is 24.3 Å². The van der Waals surface area contributed by atoms with Crippen molar-refractivity contribution < 1.29 is 0 Å². The van der Waals surface area contributed by atoms with Gasteiger partial charge in [-0.05, 0) is 42.3 Å². The second kappa shape index (κ2) is 7.82. The molecule has 0 atom stereocenters. The molecule has 0 bridgehead atoms. The number of benzene rings is 1. The lowest BCUT2D eigenvalue weighted by Gasteiger charge is -2.26. The molecule has 0 N–H and O–H groups in total. The van der Waals surface area contributed by atoms with Crippen LogP contribution in [0.3, 0.4) is 0 Å². The standard InChI is InChI=1S/C23H23N3S/c1-4-5-14-26-20-9-7-6-8-19(20)23(2,3)22(26)13-11-18-10-12-21(27-18)17(15-24)16-25/h6-13H,4-5,14H2,1-3H3/b18-11+,22-13+. The fourth-order valence-corrected chi connectivity index (χ4v) is 4.43. The van der Waals surface area contributed by atoms with Gasteiger partial charge in [0.15, 0.2) is 0 Å². The molecule has 1 aromatic carbocycles. The first-order chi connectivity index (χ1) is 13.0. The summed E-state index contributed by atoms with van der Waals surface area (Å²) in [6.07, 6.45) is 6.60. The molecule has 3 nitrogen and oxygen atoms in total. The highest BCUT2D eigenvalue weighted by Gasteiger charge is 2.39. The topological polar surface area (TPSA) is 50.8 Å². The van der Waals surface area contributed by atoms with Crippen LogP contribution in [0.4, 0.5) is 5.69 Å². The number of nitriles is 2. The van der Waals surface area contributed by atoms with Gasteiger partial charge < -0.3 is 4.90 Å². The number of fused-ring (bicyclic) bond motifs is 1. The van der Waals surface area contributed by atoms with Crippen LogP contribution in [0.5, 0.6) is 0 Å². The third-order valence-corrected chi connectivity index (χ3v) is 6.10. The first-order valence-corrected chi connectivity index (χ1v) is 10.0. The van der Waals surface area contributed by atoms with Crippen LogP contribution in [-0.2, 0) is 5.41 Å². The molecule has 136 valence electrons. The van der Waals surface area contributed by atoms with Crippen LogP contribution >= 0.6 is 11.3 Å². The molecule has 0 saturated heterocycles. The van der Waals surface area contributed by atoms with Crippen molar-refractivity contribution in [1.29, 1.82) is 10.5 Å². The molecule has 0 spiro atoms. The largest absolute Gasteiger partial charge is 0.344 e. The van der Waals surface area contributed by atoms with E-state index in [1.165, 1.54) is 28.3 Å². The van der Waals surface area contributed by atoms with Gasteiger partial charge in [-0.25, -0.2) is 0 Å². The molecule has 0 amide bonds. The van der Waals surface area contributed by atoms with Crippen LogP contribution in [0.1, 0.15) is 39.2 Å². The fourth-order valence-electron chi connectivity index (χ4n) is 3.57. The van der Waals surface area contributed by atoms with Gasteiger partial charge in [0.05, 0.1) is 4.53 Å². The first-order valence-electron chi connectivity index (χ1n) is 9.22. The Morgan fingerprint density at radius 1 is 1.11 bits per heavy atom. The van der Waals surface area contributed by atoms with E-state index in [9.17, 15) is 0 Å². The molecule has 27 heavy (non-hydrogen) atoms. The van der Waals surface area contributed by atoms with E-state index < -0.39 is 0 Å². The Balaban J connectivity index is 2.08. The van der Waals surface area contributed by atoms with Gasteiger partial charge in [-0.2, -0.15) is 10.5 Å². The number of hydrogen-bond acceptors (Lipinski definition) is 4. The predicted molar refractivity (Wildman–Crippen MR) is 112 cm³/mol. The summed E-state index contributed by atoms with van der Waals surface area (Å²) in [6.45, 7) is 7.77. The number of anilines is 1. The molecule has 1 aliphatic heterocycles. The van der Waals surface area contributed by atoms with Crippen molar-refractivity contribution in [3.8, 4) is 12.1 Å². The van der Waals surface area contributed by atoms with Crippen LogP contribution in [0.25, 0.3) is 11.6 Å². The highest BCUT2D eigenvalue weighted by atomic mass is 32.1. The smallest absolute Gasteiger partial charge is 0.146 e. The lowest BCUT2D eigenvalue weighted by atomic mass is 9.84. The Labute approximate surface area is 164 Å². The monoisotopic (exact) mass is 373 g/mol. The first kappa shape index (κ1) is 19.0. The minimum Gasteiger partial charge on any atom is -0.344 e. The van der Waals surface area contributed by atoms with Crippen molar-refractivity contribution in [1.82, 2.24) is 0 Å². The maximum absolute atomic E-state index is 9.05. The van der Waals surface area contributed by atoms with E-state index in [0.29, 0.717) is 0 Å². The van der Waals surface area contributed by atoms with Crippen LogP contribution in [0, 0.1) is 22.7 Å². The van der Waals surface area contributed by atoms with E-state index in [-0.39, 0.29) is 11.0 Å². The van der Waals surface area contributed by atoms with Gasteiger partial charge in [0.2, 0.25) is 0 Å². The minimum absolute atomic E-state index is 0.0580. The molecule has 2 heterocycles. The molecule has 4 heteroatoms. The Morgan fingerprint density at radius 3 is 2.56 bits per heavy atom. The van der Waals surface area contributed by atoms with Crippen LogP contribution in [-0.4, -0.2) is 6.54 Å². The second-order valence-electron chi connectivity index (χ2n) is 7.17. The van der Waals surface area contributed by atoms with Crippen molar-refractivity contribution >= 4 is 28.7 Å². The number of hydrogen-bond donors (Lipinski definition) is 0. The highest BCUT2D eigenvalue weighted by Crippen LogP contribution is 2.47. The quantitative estimate of drug-likeness (QED) is 0.807. The Hall–Kier alpha value is -2.82. The molecule has 0 saturated carbocycles. The fraction of sp³-hybridized carbons (Fsp3) is 0.304. The molecule has 0 unspecified atom stereocenters. The molecule has 0 aliphatic carbocycles. The van der Waals surface area contributed by atoms with Gasteiger partial charge in [-0.1, -0.05) is 45.4 Å². The van der Waals surface area contributed by atoms with Gasteiger partial charge in [0.25, 0.3) is 0 Å². The summed E-state index contributed by atoms with van der Waals surface area (Å²) in [6, 6.07) is 16.4. The molecular weight excluding hydrogens is 350 g/mol. The molecule has 2 aromatic rings. The van der Waals surface area contributed by atoms with Gasteiger partial charge in [0.1, 0.15) is 17.7 Å². The predicted octanol–water partition coefficient (Wildman–Crippen LogP) is 4.21. The molecule has 1 aliphatic rings. The summed E-state index contributed by atoms with van der Waals surface area (Å²) < 4.78 is 1.77. The van der Waals surface area contributed by atoms with Crippen molar-refractivity contribution in [2.45, 2.75) is 39.0 Å². The van der Waals surface area contributed by atoms with E-state index in [1.54, 1.807) is 0 Å². The minimum atomic E-state index is -0.0580. The van der Waals surface area contributed by atoms with Crippen LogP contribution < -0.4 is 14.0 Å². The van der Waals surface area contributed by atoms with E-state index >= 15 is 0 Å². The van der Waals surface area contributed by atoms with Crippen molar-refractivity contribution in [2.75, 3.05) is 11.4 Å². The number of thiophene rings is 1. The Bertz CT molecular complexity index is 1060. The number of nitrogens with zero attached hydrogens (tertiary/aromatic N) is 3. The highest BCUT2D eigenvalue weighted by molar-refractivity contribution is 7.07. The average Bonchev–Trinajstić information content (AvgIpc) is 3.21. The van der Waals surface area contributed by atoms with Crippen molar-refractivity contribution in [3.63, 3.8) is 0 Å². The zero-order valence-electron chi connectivity index (χ0n) is 16.0. The lowest BCUT2D eigenvalue weighted by molar-refractivity contribution is 0.625. The third-order valence-electron chi connectivity index (χ3n) is 5.04. The summed E-state index contributed by atoms with van der Waals surface area (Å²) in [5.74, 6) is 0. The lowest BCUT2D eigenvalue weighted by Crippen LogP contribution is -2.27.